The van der Waals surface area contributed by atoms with E-state index in [-0.39, 0.29) is 24.7 Å². The van der Waals surface area contributed by atoms with E-state index in [1.807, 2.05) is 43.3 Å². The molecule has 0 aromatic heterocycles. The molecule has 3 N–H and O–H groups in total. The Bertz CT molecular complexity index is 1130. The summed E-state index contributed by atoms with van der Waals surface area (Å²) in [6, 6.07) is 22.8. The van der Waals surface area contributed by atoms with E-state index in [9.17, 15) is 4.79 Å². The molecule has 0 fully saturated rings. The molecule has 6 heteroatoms. The maximum Gasteiger partial charge on any atom is 0.407 e. The molecular weight excluding hydrogens is 428 g/mol. The predicted octanol–water partition coefficient (Wildman–Crippen LogP) is 4.71. The maximum atomic E-state index is 12.5. The lowest BCUT2D eigenvalue weighted by molar-refractivity contribution is 0.136. The number of ether oxygens (including phenoxy) is 2. The molecule has 5 rings (SSSR count). The first-order chi connectivity index (χ1) is 16.6. The van der Waals surface area contributed by atoms with Gasteiger partial charge in [-0.15, -0.1) is 0 Å². The van der Waals surface area contributed by atoms with E-state index in [4.69, 9.17) is 14.6 Å². The van der Waals surface area contributed by atoms with Gasteiger partial charge in [-0.25, -0.2) is 4.79 Å². The number of aliphatic hydroxyl groups is 1. The average Bonchev–Trinajstić information content (AvgIpc) is 3.40. The molecule has 1 aliphatic heterocycles. The van der Waals surface area contributed by atoms with Gasteiger partial charge in [0.1, 0.15) is 18.5 Å². The Morgan fingerprint density at radius 2 is 1.79 bits per heavy atom. The third-order valence-corrected chi connectivity index (χ3v) is 6.59. The van der Waals surface area contributed by atoms with Crippen molar-refractivity contribution in [2.45, 2.75) is 37.8 Å². The van der Waals surface area contributed by atoms with Crippen molar-refractivity contribution in [2.24, 2.45) is 0 Å². The van der Waals surface area contributed by atoms with Crippen LogP contribution in [0.1, 0.15) is 36.0 Å². The van der Waals surface area contributed by atoms with Gasteiger partial charge in [-0.1, -0.05) is 48.5 Å². The molecule has 6 nitrogen and oxygen atoms in total. The summed E-state index contributed by atoms with van der Waals surface area (Å²) in [5, 5.41) is 15.3. The molecule has 1 amide bonds. The van der Waals surface area contributed by atoms with Gasteiger partial charge < -0.3 is 25.2 Å². The van der Waals surface area contributed by atoms with E-state index in [0.29, 0.717) is 19.6 Å². The second-order valence-electron chi connectivity index (χ2n) is 9.03. The van der Waals surface area contributed by atoms with E-state index >= 15 is 0 Å². The van der Waals surface area contributed by atoms with Crippen molar-refractivity contribution >= 4 is 11.8 Å². The van der Waals surface area contributed by atoms with Gasteiger partial charge in [0.2, 0.25) is 0 Å². The van der Waals surface area contributed by atoms with Crippen LogP contribution in [-0.2, 0) is 11.2 Å². The van der Waals surface area contributed by atoms with Gasteiger partial charge in [0.05, 0.1) is 6.54 Å². The number of rotatable bonds is 8. The lowest BCUT2D eigenvalue weighted by Crippen LogP contribution is -2.35. The van der Waals surface area contributed by atoms with Crippen LogP contribution in [0, 0.1) is 0 Å². The summed E-state index contributed by atoms with van der Waals surface area (Å²) >= 11 is 0. The highest BCUT2D eigenvalue weighted by atomic mass is 16.5. The first kappa shape index (κ1) is 22.3. The van der Waals surface area contributed by atoms with Crippen LogP contribution in [0.3, 0.4) is 0 Å². The molecular formula is C28H30N2O4. The van der Waals surface area contributed by atoms with Crippen LogP contribution in [0.25, 0.3) is 11.1 Å². The summed E-state index contributed by atoms with van der Waals surface area (Å²) in [5.74, 6) is 0.893. The van der Waals surface area contributed by atoms with Crippen molar-refractivity contribution in [3.63, 3.8) is 0 Å². The number of hydrogen-bond acceptors (Lipinski definition) is 5. The Morgan fingerprint density at radius 3 is 2.50 bits per heavy atom. The van der Waals surface area contributed by atoms with Crippen LogP contribution >= 0.6 is 0 Å². The second-order valence-corrected chi connectivity index (χ2v) is 9.03. The summed E-state index contributed by atoms with van der Waals surface area (Å²) < 4.78 is 11.6. The fourth-order valence-corrected chi connectivity index (χ4v) is 4.92. The zero-order chi connectivity index (χ0) is 23.5. The fraction of sp³-hybridized carbons (Fsp3) is 0.321. The van der Waals surface area contributed by atoms with Gasteiger partial charge in [-0.3, -0.25) is 0 Å². The van der Waals surface area contributed by atoms with Gasteiger partial charge in [-0.2, -0.15) is 0 Å². The minimum Gasteiger partial charge on any atom is -0.488 e. The predicted molar refractivity (Wildman–Crippen MR) is 132 cm³/mol. The van der Waals surface area contributed by atoms with E-state index < -0.39 is 6.09 Å². The van der Waals surface area contributed by atoms with Crippen LogP contribution in [0.4, 0.5) is 10.5 Å². The highest BCUT2D eigenvalue weighted by Gasteiger charge is 2.29. The number of carbonyl (C=O) groups excluding carboxylic acids is 1. The van der Waals surface area contributed by atoms with E-state index in [1.165, 1.54) is 22.3 Å². The van der Waals surface area contributed by atoms with Crippen LogP contribution in [0.5, 0.6) is 5.75 Å². The number of fused-ring (bicyclic) bond motifs is 4. The molecule has 0 radical (unpaired) electrons. The molecule has 0 bridgehead atoms. The van der Waals surface area contributed by atoms with Crippen LogP contribution in [0.15, 0.2) is 66.7 Å². The molecule has 3 aromatic rings. The van der Waals surface area contributed by atoms with Crippen molar-refractivity contribution in [1.82, 2.24) is 5.32 Å². The SMILES string of the molecule is CC(CCO)Nc1ccc2c(c1)CC(CNC(=O)OCC1c3ccccc3-c3ccccc31)O2. The molecule has 2 aliphatic rings. The van der Waals surface area contributed by atoms with E-state index in [0.717, 1.165) is 23.4 Å². The first-order valence-corrected chi connectivity index (χ1v) is 11.9. The van der Waals surface area contributed by atoms with Gasteiger partial charge >= 0.3 is 6.09 Å². The van der Waals surface area contributed by atoms with E-state index in [2.05, 4.69) is 41.0 Å². The number of anilines is 1. The van der Waals surface area contributed by atoms with Crippen molar-refractivity contribution in [1.29, 1.82) is 0 Å². The highest BCUT2D eigenvalue weighted by Crippen LogP contribution is 2.44. The smallest absolute Gasteiger partial charge is 0.407 e. The standard InChI is InChI=1S/C28H30N2O4/c1-18(12-13-31)30-20-10-11-27-19(14-20)15-21(34-27)16-29-28(32)33-17-26-24-8-4-2-6-22(24)23-7-3-5-9-25(23)26/h2-11,14,18,21,26,30-31H,12-13,15-17H2,1H3,(H,29,32). The van der Waals surface area contributed by atoms with Crippen LogP contribution in [-0.4, -0.2) is 43.1 Å². The number of nitrogens with one attached hydrogen (secondary N) is 2. The lowest BCUT2D eigenvalue weighted by Gasteiger charge is -2.16. The molecule has 0 saturated heterocycles. The Morgan fingerprint density at radius 1 is 1.09 bits per heavy atom. The van der Waals surface area contributed by atoms with Crippen molar-refractivity contribution in [2.75, 3.05) is 25.1 Å². The number of benzene rings is 3. The number of carbonyl (C=O) groups is 1. The van der Waals surface area contributed by atoms with Crippen molar-refractivity contribution in [3.8, 4) is 16.9 Å². The Hall–Kier alpha value is -3.51. The maximum absolute atomic E-state index is 12.5. The molecule has 176 valence electrons. The molecule has 3 aromatic carbocycles. The third-order valence-electron chi connectivity index (χ3n) is 6.59. The summed E-state index contributed by atoms with van der Waals surface area (Å²) in [5.41, 5.74) is 6.94. The minimum atomic E-state index is -0.429. The monoisotopic (exact) mass is 458 g/mol. The molecule has 0 saturated carbocycles. The summed E-state index contributed by atoms with van der Waals surface area (Å²) in [6.07, 6.45) is 0.866. The Balaban J connectivity index is 1.13. The zero-order valence-electron chi connectivity index (χ0n) is 19.3. The van der Waals surface area contributed by atoms with Crippen LogP contribution in [0.2, 0.25) is 0 Å². The number of aliphatic hydroxyl groups excluding tert-OH is 1. The minimum absolute atomic E-state index is 0.0456. The summed E-state index contributed by atoms with van der Waals surface area (Å²) in [6.45, 7) is 2.88. The molecule has 2 unspecified atom stereocenters. The lowest BCUT2D eigenvalue weighted by atomic mass is 9.98. The Labute approximate surface area is 199 Å². The second kappa shape index (κ2) is 9.77. The molecule has 1 heterocycles. The van der Waals surface area contributed by atoms with Gasteiger partial charge in [-0.05, 0) is 59.4 Å². The summed E-state index contributed by atoms with van der Waals surface area (Å²) in [4.78, 5) is 12.5. The molecule has 1 aliphatic carbocycles. The third kappa shape index (κ3) is 4.59. The van der Waals surface area contributed by atoms with Gasteiger partial charge in [0.25, 0.3) is 0 Å². The van der Waals surface area contributed by atoms with Gasteiger partial charge in [0.15, 0.2) is 0 Å². The van der Waals surface area contributed by atoms with Gasteiger partial charge in [0, 0.05) is 30.7 Å². The zero-order valence-corrected chi connectivity index (χ0v) is 19.3. The first-order valence-electron chi connectivity index (χ1n) is 11.9. The van der Waals surface area contributed by atoms with Crippen molar-refractivity contribution in [3.05, 3.63) is 83.4 Å². The average molecular weight is 459 g/mol. The quantitative estimate of drug-likeness (QED) is 0.456. The molecule has 0 spiro atoms. The number of hydrogen-bond donors (Lipinski definition) is 3. The van der Waals surface area contributed by atoms with E-state index in [1.54, 1.807) is 0 Å². The number of alkyl carbamates (subject to hydrolysis) is 1. The van der Waals surface area contributed by atoms with Crippen LogP contribution < -0.4 is 15.4 Å². The molecule has 34 heavy (non-hydrogen) atoms. The highest BCUT2D eigenvalue weighted by molar-refractivity contribution is 5.79. The Kier molecular flexibility index (Phi) is 6.41. The fourth-order valence-electron chi connectivity index (χ4n) is 4.92. The van der Waals surface area contributed by atoms with Crippen molar-refractivity contribution < 1.29 is 19.4 Å². The summed E-state index contributed by atoms with van der Waals surface area (Å²) in [7, 11) is 0. The largest absolute Gasteiger partial charge is 0.488 e. The molecule has 2 atom stereocenters. The normalized spacial score (nSPS) is 16.7. The topological polar surface area (TPSA) is 79.8 Å². The number of amides is 1.